The van der Waals surface area contributed by atoms with Crippen molar-refractivity contribution in [3.05, 3.63) is 77.2 Å². The topological polar surface area (TPSA) is 83.5 Å². The summed E-state index contributed by atoms with van der Waals surface area (Å²) in [5, 5.41) is 10.2. The maximum absolute atomic E-state index is 12.0. The minimum absolute atomic E-state index is 0.0780. The zero-order chi connectivity index (χ0) is 16.7. The van der Waals surface area contributed by atoms with Gasteiger partial charge in [0.15, 0.2) is 0 Å². The molecule has 23 heavy (non-hydrogen) atoms. The minimum atomic E-state index is -3.86. The van der Waals surface area contributed by atoms with Crippen LogP contribution < -0.4 is 4.72 Å². The summed E-state index contributed by atoms with van der Waals surface area (Å²) in [6, 6.07) is 16.6. The van der Waals surface area contributed by atoms with Crippen molar-refractivity contribution in [2.75, 3.05) is 0 Å². The zero-order valence-electron chi connectivity index (χ0n) is 12.3. The Morgan fingerprint density at radius 1 is 1.04 bits per heavy atom. The van der Waals surface area contributed by atoms with Crippen LogP contribution in [0.5, 0.6) is 0 Å². The van der Waals surface area contributed by atoms with Crippen LogP contribution in [-0.2, 0) is 21.2 Å². The molecule has 0 amide bonds. The lowest BCUT2D eigenvalue weighted by molar-refractivity contribution is -0.138. The number of rotatable bonds is 7. The quantitative estimate of drug-likeness (QED) is 0.815. The van der Waals surface area contributed by atoms with Crippen LogP contribution in [0, 0.1) is 0 Å². The monoisotopic (exact) mass is 331 g/mol. The maximum atomic E-state index is 12.0. The van der Waals surface area contributed by atoms with Crippen molar-refractivity contribution in [3.8, 4) is 0 Å². The van der Waals surface area contributed by atoms with E-state index in [4.69, 9.17) is 0 Å². The molecule has 0 saturated heterocycles. The molecule has 0 aliphatic heterocycles. The number of hydrogen-bond acceptors (Lipinski definition) is 3. The van der Waals surface area contributed by atoms with Gasteiger partial charge in [-0.3, -0.25) is 4.79 Å². The van der Waals surface area contributed by atoms with Crippen molar-refractivity contribution >= 4 is 22.1 Å². The Morgan fingerprint density at radius 3 is 2.17 bits per heavy atom. The fourth-order valence-corrected chi connectivity index (χ4v) is 2.99. The van der Waals surface area contributed by atoms with E-state index in [0.29, 0.717) is 5.56 Å². The summed E-state index contributed by atoms with van der Waals surface area (Å²) in [7, 11) is -3.86. The molecule has 0 heterocycles. The number of benzene rings is 2. The van der Waals surface area contributed by atoms with Crippen LogP contribution in [0.2, 0.25) is 0 Å². The molecule has 0 aromatic heterocycles. The number of carboxylic acids is 1. The van der Waals surface area contributed by atoms with Crippen LogP contribution in [0.25, 0.3) is 6.08 Å². The molecule has 1 atom stereocenters. The third kappa shape index (κ3) is 5.69. The van der Waals surface area contributed by atoms with E-state index >= 15 is 0 Å². The highest BCUT2D eigenvalue weighted by Gasteiger charge is 2.22. The average molecular weight is 331 g/mol. The molecule has 2 rings (SSSR count). The predicted octanol–water partition coefficient (Wildman–Crippen LogP) is 2.27. The summed E-state index contributed by atoms with van der Waals surface area (Å²) in [5.74, 6) is -1.22. The molecule has 0 saturated carbocycles. The van der Waals surface area contributed by atoms with Crippen LogP contribution in [-0.4, -0.2) is 25.5 Å². The fourth-order valence-electron chi connectivity index (χ4n) is 2.00. The predicted molar refractivity (Wildman–Crippen MR) is 89.1 cm³/mol. The average Bonchev–Trinajstić information content (AvgIpc) is 2.54. The van der Waals surface area contributed by atoms with Gasteiger partial charge in [-0.05, 0) is 23.6 Å². The summed E-state index contributed by atoms with van der Waals surface area (Å²) < 4.78 is 26.3. The molecule has 0 spiro atoms. The second-order valence-electron chi connectivity index (χ2n) is 4.96. The molecule has 0 radical (unpaired) electrons. The van der Waals surface area contributed by atoms with Gasteiger partial charge in [0.05, 0.1) is 0 Å². The van der Waals surface area contributed by atoms with Crippen LogP contribution in [0.1, 0.15) is 11.1 Å². The largest absolute Gasteiger partial charge is 0.480 e. The van der Waals surface area contributed by atoms with Gasteiger partial charge in [-0.1, -0.05) is 60.7 Å². The van der Waals surface area contributed by atoms with Crippen molar-refractivity contribution in [1.29, 1.82) is 0 Å². The lowest BCUT2D eigenvalue weighted by atomic mass is 10.1. The molecule has 6 heteroatoms. The van der Waals surface area contributed by atoms with Gasteiger partial charge in [-0.2, -0.15) is 4.72 Å². The summed E-state index contributed by atoms with van der Waals surface area (Å²) in [4.78, 5) is 11.3. The number of aliphatic carboxylic acids is 1. The summed E-state index contributed by atoms with van der Waals surface area (Å²) in [6.07, 6.45) is 1.50. The Hall–Kier alpha value is -2.44. The lowest BCUT2D eigenvalue weighted by Gasteiger charge is -2.13. The van der Waals surface area contributed by atoms with Gasteiger partial charge in [0.25, 0.3) is 0 Å². The van der Waals surface area contributed by atoms with Gasteiger partial charge in [-0.15, -0.1) is 0 Å². The molecule has 5 nitrogen and oxygen atoms in total. The number of carboxylic acid groups (broad SMARTS) is 1. The molecule has 0 bridgehead atoms. The van der Waals surface area contributed by atoms with E-state index in [-0.39, 0.29) is 6.42 Å². The Bertz CT molecular complexity index is 771. The molecule has 0 aliphatic carbocycles. The molecular formula is C17H17NO4S. The van der Waals surface area contributed by atoms with Gasteiger partial charge in [0.2, 0.25) is 10.0 Å². The van der Waals surface area contributed by atoms with Crippen LogP contribution in [0.15, 0.2) is 66.1 Å². The Morgan fingerprint density at radius 2 is 1.61 bits per heavy atom. The summed E-state index contributed by atoms with van der Waals surface area (Å²) in [6.45, 7) is 0. The molecule has 2 aromatic rings. The molecule has 1 unspecified atom stereocenters. The second-order valence-corrected chi connectivity index (χ2v) is 6.55. The van der Waals surface area contributed by atoms with E-state index < -0.39 is 22.0 Å². The number of hydrogen-bond donors (Lipinski definition) is 2. The normalized spacial score (nSPS) is 13.0. The van der Waals surface area contributed by atoms with Crippen molar-refractivity contribution in [2.45, 2.75) is 12.5 Å². The summed E-state index contributed by atoms with van der Waals surface area (Å²) in [5.41, 5.74) is 1.46. The van der Waals surface area contributed by atoms with Crippen molar-refractivity contribution in [1.82, 2.24) is 4.72 Å². The maximum Gasteiger partial charge on any atom is 0.322 e. The smallest absolute Gasteiger partial charge is 0.322 e. The minimum Gasteiger partial charge on any atom is -0.480 e. The zero-order valence-corrected chi connectivity index (χ0v) is 13.1. The Labute approximate surface area is 135 Å². The molecule has 0 aliphatic rings. The van der Waals surface area contributed by atoms with E-state index in [0.717, 1.165) is 11.0 Å². The SMILES string of the molecule is O=C(O)C(Cc1ccccc1)NS(=O)(=O)/C=C/c1ccccc1. The van der Waals surface area contributed by atoms with Gasteiger partial charge >= 0.3 is 5.97 Å². The van der Waals surface area contributed by atoms with Crippen molar-refractivity contribution in [3.63, 3.8) is 0 Å². The number of sulfonamides is 1. The molecular weight excluding hydrogens is 314 g/mol. The highest BCUT2D eigenvalue weighted by Crippen LogP contribution is 2.07. The highest BCUT2D eigenvalue weighted by atomic mass is 32.2. The third-order valence-corrected chi connectivity index (χ3v) is 4.23. The van der Waals surface area contributed by atoms with E-state index in [1.165, 1.54) is 6.08 Å². The third-order valence-electron chi connectivity index (χ3n) is 3.13. The molecule has 0 fully saturated rings. The van der Waals surface area contributed by atoms with E-state index in [2.05, 4.69) is 4.72 Å². The number of nitrogens with one attached hydrogen (secondary N) is 1. The number of carbonyl (C=O) groups is 1. The van der Waals surface area contributed by atoms with Crippen LogP contribution in [0.3, 0.4) is 0 Å². The fraction of sp³-hybridized carbons (Fsp3) is 0.118. The van der Waals surface area contributed by atoms with Crippen molar-refractivity contribution < 1.29 is 18.3 Å². The first-order valence-corrected chi connectivity index (χ1v) is 8.53. The molecule has 2 N–H and O–H groups in total. The first kappa shape index (κ1) is 16.9. The van der Waals surface area contributed by atoms with Gasteiger partial charge in [0.1, 0.15) is 6.04 Å². The lowest BCUT2D eigenvalue weighted by Crippen LogP contribution is -2.41. The van der Waals surface area contributed by atoms with E-state index in [1.54, 1.807) is 48.5 Å². The molecule has 2 aromatic carbocycles. The van der Waals surface area contributed by atoms with Crippen molar-refractivity contribution in [2.24, 2.45) is 0 Å². The highest BCUT2D eigenvalue weighted by molar-refractivity contribution is 7.92. The first-order valence-electron chi connectivity index (χ1n) is 6.98. The molecule has 120 valence electrons. The summed E-state index contributed by atoms with van der Waals surface area (Å²) >= 11 is 0. The van der Waals surface area contributed by atoms with Crippen LogP contribution >= 0.6 is 0 Å². The standard InChI is InChI=1S/C17H17NO4S/c19-17(20)16(13-15-9-5-2-6-10-15)18-23(21,22)12-11-14-7-3-1-4-8-14/h1-12,16,18H,13H2,(H,19,20)/b12-11+. The van der Waals surface area contributed by atoms with E-state index in [9.17, 15) is 18.3 Å². The van der Waals surface area contributed by atoms with E-state index in [1.807, 2.05) is 12.1 Å². The second kappa shape index (κ2) is 7.71. The first-order chi connectivity index (χ1) is 11.0. The Balaban J connectivity index is 2.09. The Kier molecular flexibility index (Phi) is 5.67. The van der Waals surface area contributed by atoms with Gasteiger partial charge in [-0.25, -0.2) is 8.42 Å². The van der Waals surface area contributed by atoms with Gasteiger partial charge in [0, 0.05) is 5.41 Å². The van der Waals surface area contributed by atoms with Crippen LogP contribution in [0.4, 0.5) is 0 Å². The van der Waals surface area contributed by atoms with Gasteiger partial charge < -0.3 is 5.11 Å².